The van der Waals surface area contributed by atoms with Gasteiger partial charge in [-0.3, -0.25) is 4.79 Å². The Bertz CT molecular complexity index is 1560. The molecule has 0 saturated carbocycles. The van der Waals surface area contributed by atoms with Crippen molar-refractivity contribution in [2.75, 3.05) is 32.8 Å². The van der Waals surface area contributed by atoms with Crippen LogP contribution in [-0.4, -0.2) is 89.4 Å². The lowest BCUT2D eigenvalue weighted by molar-refractivity contribution is 0.0643. The number of aromatic nitrogens is 6. The second kappa shape index (κ2) is 10.8. The second-order valence-corrected chi connectivity index (χ2v) is 11.2. The summed E-state index contributed by atoms with van der Waals surface area (Å²) in [6, 6.07) is 12.2. The van der Waals surface area contributed by atoms with Gasteiger partial charge in [0.15, 0.2) is 11.5 Å². The number of nitrogens with zero attached hydrogens (tertiary/aromatic N) is 8. The van der Waals surface area contributed by atoms with Crippen LogP contribution in [0.1, 0.15) is 53.3 Å². The minimum Gasteiger partial charge on any atom is -0.491 e. The van der Waals surface area contributed by atoms with E-state index in [1.807, 2.05) is 42.3 Å². The van der Waals surface area contributed by atoms with Crippen molar-refractivity contribution in [2.45, 2.75) is 44.6 Å². The van der Waals surface area contributed by atoms with E-state index < -0.39 is 0 Å². The summed E-state index contributed by atoms with van der Waals surface area (Å²) in [5.74, 6) is 1.89. The Labute approximate surface area is 238 Å². The molecule has 0 unspecified atom stereocenters. The molecule has 0 bridgehead atoms. The van der Waals surface area contributed by atoms with Gasteiger partial charge in [0.2, 0.25) is 5.82 Å². The maximum absolute atomic E-state index is 12.9. The van der Waals surface area contributed by atoms with Crippen molar-refractivity contribution in [3.05, 3.63) is 71.7 Å². The summed E-state index contributed by atoms with van der Waals surface area (Å²) in [6.07, 6.45) is 5.17. The van der Waals surface area contributed by atoms with Gasteiger partial charge in [-0.1, -0.05) is 37.3 Å². The summed E-state index contributed by atoms with van der Waals surface area (Å²) in [4.78, 5) is 38.1. The molecule has 2 aliphatic rings. The maximum Gasteiger partial charge on any atom is 0.317 e. The molecular weight excluding hydrogens is 522 g/mol. The first-order chi connectivity index (χ1) is 19.8. The SMILES string of the molecule is Cc1cc(OC[C@H](C)c2ccccc2)cn2nc(CCN3CC4(CCN(C(=O)c5ncnn5C)CC4)NC3=O)nc12. The number of rotatable bonds is 8. The van der Waals surface area contributed by atoms with Gasteiger partial charge in [-0.05, 0) is 37.0 Å². The average molecular weight is 558 g/mol. The molecule has 1 aromatic carbocycles. The number of carbonyl (C=O) groups is 2. The van der Waals surface area contributed by atoms with Crippen LogP contribution in [0.2, 0.25) is 0 Å². The summed E-state index contributed by atoms with van der Waals surface area (Å²) in [7, 11) is 1.71. The van der Waals surface area contributed by atoms with Crippen LogP contribution in [0.25, 0.3) is 5.65 Å². The molecule has 214 valence electrons. The molecule has 3 amide bonds. The largest absolute Gasteiger partial charge is 0.491 e. The normalized spacial score (nSPS) is 17.3. The van der Waals surface area contributed by atoms with Crippen LogP contribution >= 0.6 is 0 Å². The number of nitrogens with one attached hydrogen (secondary N) is 1. The quantitative estimate of drug-likeness (QED) is 0.353. The number of urea groups is 1. The zero-order chi connectivity index (χ0) is 28.6. The third-order valence-electron chi connectivity index (χ3n) is 8.17. The van der Waals surface area contributed by atoms with Crippen LogP contribution in [0.5, 0.6) is 5.75 Å². The van der Waals surface area contributed by atoms with Crippen LogP contribution in [0, 0.1) is 6.92 Å². The minimum atomic E-state index is -0.334. The van der Waals surface area contributed by atoms with Crippen molar-refractivity contribution in [1.82, 2.24) is 44.5 Å². The van der Waals surface area contributed by atoms with Gasteiger partial charge in [-0.2, -0.15) is 10.2 Å². The number of carbonyl (C=O) groups excluding carboxylic acids is 2. The Balaban J connectivity index is 1.04. The zero-order valence-electron chi connectivity index (χ0n) is 23.7. The van der Waals surface area contributed by atoms with Crippen LogP contribution in [0.4, 0.5) is 4.79 Å². The molecule has 6 rings (SSSR count). The highest BCUT2D eigenvalue weighted by molar-refractivity contribution is 5.90. The smallest absolute Gasteiger partial charge is 0.317 e. The number of pyridine rings is 1. The fraction of sp³-hybridized carbons (Fsp3) is 0.448. The van der Waals surface area contributed by atoms with E-state index in [-0.39, 0.29) is 23.4 Å². The standard InChI is InChI=1S/C29H35N9O3/c1-20-15-23(41-17-21(2)22-7-5-4-6-8-22)16-38-25(20)32-24(34-38)9-12-37-18-29(33-28(37)40)10-13-36(14-11-29)27(39)26-30-19-31-35(26)3/h4-8,15-16,19,21H,9-14,17-18H2,1-3H3,(H,33,40)/t21-/m0/s1. The molecule has 3 aromatic heterocycles. The highest BCUT2D eigenvalue weighted by atomic mass is 16.5. The van der Waals surface area contributed by atoms with Gasteiger partial charge >= 0.3 is 6.03 Å². The molecule has 0 radical (unpaired) electrons. The molecule has 5 heterocycles. The van der Waals surface area contributed by atoms with E-state index in [0.29, 0.717) is 63.7 Å². The van der Waals surface area contributed by atoms with E-state index in [2.05, 4.69) is 39.6 Å². The first-order valence-electron chi connectivity index (χ1n) is 14.0. The molecule has 0 aliphatic carbocycles. The molecule has 12 heteroatoms. The molecule has 1 spiro atoms. The maximum atomic E-state index is 12.9. The molecule has 1 atom stereocenters. The number of amides is 3. The Kier molecular flexibility index (Phi) is 7.06. The van der Waals surface area contributed by atoms with Gasteiger partial charge in [-0.15, -0.1) is 0 Å². The third-order valence-corrected chi connectivity index (χ3v) is 8.17. The molecule has 1 N–H and O–H groups in total. The molecule has 2 fully saturated rings. The number of hydrogen-bond acceptors (Lipinski definition) is 7. The zero-order valence-corrected chi connectivity index (χ0v) is 23.7. The number of benzene rings is 1. The van der Waals surface area contributed by atoms with Crippen LogP contribution in [-0.2, 0) is 13.5 Å². The number of fused-ring (bicyclic) bond motifs is 1. The summed E-state index contributed by atoms with van der Waals surface area (Å²) in [5, 5.41) is 11.9. The number of likely N-dealkylation sites (tertiary alicyclic amines) is 1. The van der Waals surface area contributed by atoms with Crippen molar-refractivity contribution in [2.24, 2.45) is 7.05 Å². The number of piperidine rings is 1. The van der Waals surface area contributed by atoms with E-state index in [0.717, 1.165) is 17.0 Å². The predicted molar refractivity (Wildman–Crippen MR) is 151 cm³/mol. The Hall–Kier alpha value is -4.48. The third kappa shape index (κ3) is 5.46. The molecule has 2 saturated heterocycles. The van der Waals surface area contributed by atoms with Gasteiger partial charge < -0.3 is 19.9 Å². The molecule has 2 aliphatic heterocycles. The van der Waals surface area contributed by atoms with Crippen molar-refractivity contribution < 1.29 is 14.3 Å². The molecular formula is C29H35N9O3. The van der Waals surface area contributed by atoms with E-state index in [9.17, 15) is 9.59 Å². The monoisotopic (exact) mass is 557 g/mol. The highest BCUT2D eigenvalue weighted by Crippen LogP contribution is 2.29. The van der Waals surface area contributed by atoms with Crippen molar-refractivity contribution in [3.8, 4) is 5.75 Å². The van der Waals surface area contributed by atoms with Gasteiger partial charge in [0.1, 0.15) is 12.1 Å². The Morgan fingerprint density at radius 2 is 1.98 bits per heavy atom. The van der Waals surface area contributed by atoms with Crippen LogP contribution in [0.3, 0.4) is 0 Å². The van der Waals surface area contributed by atoms with Crippen LogP contribution in [0.15, 0.2) is 48.9 Å². The molecule has 4 aromatic rings. The summed E-state index contributed by atoms with van der Waals surface area (Å²) < 4.78 is 9.36. The van der Waals surface area contributed by atoms with Gasteiger partial charge in [0, 0.05) is 45.6 Å². The summed E-state index contributed by atoms with van der Waals surface area (Å²) >= 11 is 0. The van der Waals surface area contributed by atoms with Crippen LogP contribution < -0.4 is 10.1 Å². The van der Waals surface area contributed by atoms with Gasteiger partial charge in [0.25, 0.3) is 5.91 Å². The Morgan fingerprint density at radius 1 is 1.20 bits per heavy atom. The minimum absolute atomic E-state index is 0.0822. The topological polar surface area (TPSA) is 123 Å². The van der Waals surface area contributed by atoms with E-state index in [1.54, 1.807) is 16.5 Å². The fourth-order valence-corrected chi connectivity index (χ4v) is 5.70. The first kappa shape index (κ1) is 26.7. The van der Waals surface area contributed by atoms with Gasteiger partial charge in [-0.25, -0.2) is 24.0 Å². The first-order valence-corrected chi connectivity index (χ1v) is 14.0. The van der Waals surface area contributed by atoms with E-state index in [1.165, 1.54) is 16.6 Å². The Morgan fingerprint density at radius 3 is 2.71 bits per heavy atom. The lowest BCUT2D eigenvalue weighted by atomic mass is 9.88. The number of hydrogen-bond donors (Lipinski definition) is 1. The molecule has 41 heavy (non-hydrogen) atoms. The predicted octanol–water partition coefficient (Wildman–Crippen LogP) is 2.59. The lowest BCUT2D eigenvalue weighted by Gasteiger charge is -2.38. The summed E-state index contributed by atoms with van der Waals surface area (Å²) in [5.41, 5.74) is 2.67. The van der Waals surface area contributed by atoms with Gasteiger partial charge in [0.05, 0.1) is 18.3 Å². The molecule has 12 nitrogen and oxygen atoms in total. The van der Waals surface area contributed by atoms with Crippen molar-refractivity contribution >= 4 is 17.6 Å². The number of aryl methyl sites for hydroxylation is 2. The lowest BCUT2D eigenvalue weighted by Crippen LogP contribution is -2.53. The van der Waals surface area contributed by atoms with Crippen molar-refractivity contribution in [3.63, 3.8) is 0 Å². The number of ether oxygens (including phenoxy) is 1. The van der Waals surface area contributed by atoms with E-state index in [4.69, 9.17) is 9.72 Å². The second-order valence-electron chi connectivity index (χ2n) is 11.2. The van der Waals surface area contributed by atoms with E-state index >= 15 is 0 Å². The van der Waals surface area contributed by atoms with Crippen molar-refractivity contribution in [1.29, 1.82) is 0 Å². The summed E-state index contributed by atoms with van der Waals surface area (Å²) in [6.45, 7) is 6.94. The average Bonchev–Trinajstić information content (AvgIpc) is 3.68. The highest BCUT2D eigenvalue weighted by Gasteiger charge is 2.45. The fourth-order valence-electron chi connectivity index (χ4n) is 5.70.